The molecule has 0 aliphatic heterocycles. The van der Waals surface area contributed by atoms with E-state index in [0.717, 1.165) is 29.5 Å². The summed E-state index contributed by atoms with van der Waals surface area (Å²) in [5.41, 5.74) is 0.844. The molecule has 2 rings (SSSR count). The van der Waals surface area contributed by atoms with E-state index < -0.39 is 11.6 Å². The maximum absolute atomic E-state index is 11.3. The summed E-state index contributed by atoms with van der Waals surface area (Å²) in [6, 6.07) is 1.73. The second-order valence-corrected chi connectivity index (χ2v) is 6.10. The van der Waals surface area contributed by atoms with E-state index >= 15 is 0 Å². The molecule has 0 radical (unpaired) electrons. The lowest BCUT2D eigenvalue weighted by atomic mass is 10.0. The van der Waals surface area contributed by atoms with Crippen molar-refractivity contribution in [3.63, 3.8) is 0 Å². The van der Waals surface area contributed by atoms with E-state index in [1.807, 2.05) is 13.8 Å². The van der Waals surface area contributed by atoms with Crippen molar-refractivity contribution in [1.29, 1.82) is 0 Å². The summed E-state index contributed by atoms with van der Waals surface area (Å²) < 4.78 is 11.2. The van der Waals surface area contributed by atoms with Gasteiger partial charge in [-0.15, -0.1) is 0 Å². The fourth-order valence-corrected chi connectivity index (χ4v) is 2.54. The van der Waals surface area contributed by atoms with Crippen LogP contribution < -0.4 is 4.74 Å². The van der Waals surface area contributed by atoms with Crippen LogP contribution in [0.15, 0.2) is 10.6 Å². The van der Waals surface area contributed by atoms with Gasteiger partial charge < -0.3 is 14.4 Å². The Morgan fingerprint density at radius 1 is 1.45 bits per heavy atom. The van der Waals surface area contributed by atoms with E-state index in [4.69, 9.17) is 20.9 Å². The Morgan fingerprint density at radius 3 is 2.68 bits per heavy atom. The molecule has 0 aliphatic rings. The lowest BCUT2D eigenvalue weighted by molar-refractivity contribution is -0.152. The SMILES string of the molecule is CCCc1c(OC(C)(C)C(=O)O)c(Cl)cc2c(CC)noc12. The van der Waals surface area contributed by atoms with Crippen LogP contribution in [-0.4, -0.2) is 21.8 Å². The molecule has 5 nitrogen and oxygen atoms in total. The number of benzene rings is 1. The molecular weight excluding hydrogens is 306 g/mol. The van der Waals surface area contributed by atoms with Gasteiger partial charge in [0.1, 0.15) is 5.75 Å². The number of aliphatic carboxylic acids is 1. The lowest BCUT2D eigenvalue weighted by Gasteiger charge is -2.24. The lowest BCUT2D eigenvalue weighted by Crippen LogP contribution is -2.38. The number of hydrogen-bond acceptors (Lipinski definition) is 4. The zero-order valence-electron chi connectivity index (χ0n) is 13.2. The van der Waals surface area contributed by atoms with Crippen molar-refractivity contribution in [3.8, 4) is 5.75 Å². The van der Waals surface area contributed by atoms with Crippen LogP contribution in [0.1, 0.15) is 45.4 Å². The number of aryl methyl sites for hydroxylation is 2. The third kappa shape index (κ3) is 2.90. The van der Waals surface area contributed by atoms with Gasteiger partial charge in [-0.05, 0) is 32.8 Å². The topological polar surface area (TPSA) is 72.6 Å². The van der Waals surface area contributed by atoms with E-state index in [-0.39, 0.29) is 0 Å². The highest BCUT2D eigenvalue weighted by atomic mass is 35.5. The van der Waals surface area contributed by atoms with Crippen molar-refractivity contribution >= 4 is 28.5 Å². The zero-order chi connectivity index (χ0) is 16.5. The first-order valence-corrected chi connectivity index (χ1v) is 7.71. The van der Waals surface area contributed by atoms with E-state index in [1.165, 1.54) is 13.8 Å². The number of carboxylic acids is 1. The molecule has 1 N–H and O–H groups in total. The molecule has 0 saturated heterocycles. The van der Waals surface area contributed by atoms with E-state index in [2.05, 4.69) is 5.16 Å². The fraction of sp³-hybridized carbons (Fsp3) is 0.500. The number of carbonyl (C=O) groups is 1. The largest absolute Gasteiger partial charge is 0.478 e. The number of aromatic nitrogens is 1. The monoisotopic (exact) mass is 325 g/mol. The highest BCUT2D eigenvalue weighted by Crippen LogP contribution is 2.39. The van der Waals surface area contributed by atoms with Gasteiger partial charge in [-0.2, -0.15) is 0 Å². The predicted molar refractivity (Wildman–Crippen MR) is 84.7 cm³/mol. The van der Waals surface area contributed by atoms with Crippen LogP contribution in [0.5, 0.6) is 5.75 Å². The second kappa shape index (κ2) is 6.16. The number of nitrogens with zero attached hydrogens (tertiary/aromatic N) is 1. The Hall–Kier alpha value is -1.75. The van der Waals surface area contributed by atoms with Gasteiger partial charge in [-0.3, -0.25) is 0 Å². The van der Waals surface area contributed by atoms with Crippen molar-refractivity contribution in [1.82, 2.24) is 5.16 Å². The van der Waals surface area contributed by atoms with Crippen LogP contribution in [0, 0.1) is 0 Å². The normalized spacial score (nSPS) is 11.9. The average Bonchev–Trinajstić information content (AvgIpc) is 2.85. The first-order chi connectivity index (χ1) is 10.3. The van der Waals surface area contributed by atoms with Crippen LogP contribution in [0.3, 0.4) is 0 Å². The molecule has 2 aromatic rings. The minimum atomic E-state index is -1.38. The minimum absolute atomic E-state index is 0.363. The summed E-state index contributed by atoms with van der Waals surface area (Å²) in [6.45, 7) is 6.99. The van der Waals surface area contributed by atoms with E-state index in [1.54, 1.807) is 6.07 Å². The average molecular weight is 326 g/mol. The summed E-state index contributed by atoms with van der Waals surface area (Å²) in [5, 5.41) is 14.6. The van der Waals surface area contributed by atoms with E-state index in [0.29, 0.717) is 22.8 Å². The summed E-state index contributed by atoms with van der Waals surface area (Å²) in [6.07, 6.45) is 2.25. The summed E-state index contributed by atoms with van der Waals surface area (Å²) in [4.78, 5) is 11.3. The number of hydrogen-bond donors (Lipinski definition) is 1. The van der Waals surface area contributed by atoms with Gasteiger partial charge in [0.05, 0.1) is 10.7 Å². The van der Waals surface area contributed by atoms with Crippen LogP contribution in [0.2, 0.25) is 5.02 Å². The maximum atomic E-state index is 11.3. The van der Waals surface area contributed by atoms with Crippen LogP contribution in [0.25, 0.3) is 11.0 Å². The van der Waals surface area contributed by atoms with Gasteiger partial charge in [0.25, 0.3) is 0 Å². The molecule has 0 fully saturated rings. The smallest absolute Gasteiger partial charge is 0.347 e. The van der Waals surface area contributed by atoms with Gasteiger partial charge in [-0.1, -0.05) is 37.0 Å². The van der Waals surface area contributed by atoms with Crippen molar-refractivity contribution in [2.24, 2.45) is 0 Å². The molecule has 0 saturated carbocycles. The highest BCUT2D eigenvalue weighted by molar-refractivity contribution is 6.33. The third-order valence-corrected chi connectivity index (χ3v) is 3.83. The van der Waals surface area contributed by atoms with Gasteiger partial charge >= 0.3 is 5.97 Å². The van der Waals surface area contributed by atoms with Gasteiger partial charge in [0.2, 0.25) is 0 Å². The maximum Gasteiger partial charge on any atom is 0.347 e. The van der Waals surface area contributed by atoms with Crippen molar-refractivity contribution < 1.29 is 19.2 Å². The quantitative estimate of drug-likeness (QED) is 0.860. The summed E-state index contributed by atoms with van der Waals surface area (Å²) in [5.74, 6) is -0.694. The van der Waals surface area contributed by atoms with Crippen LogP contribution in [0.4, 0.5) is 0 Å². The number of carboxylic acid groups (broad SMARTS) is 1. The van der Waals surface area contributed by atoms with Crippen molar-refractivity contribution in [2.45, 2.75) is 52.6 Å². The van der Waals surface area contributed by atoms with Gasteiger partial charge in [0.15, 0.2) is 11.2 Å². The molecule has 120 valence electrons. The first kappa shape index (κ1) is 16.6. The highest BCUT2D eigenvalue weighted by Gasteiger charge is 2.32. The Balaban J connectivity index is 2.65. The van der Waals surface area contributed by atoms with Gasteiger partial charge in [0, 0.05) is 10.9 Å². The van der Waals surface area contributed by atoms with Crippen molar-refractivity contribution in [3.05, 3.63) is 22.3 Å². The Bertz CT molecular complexity index is 706. The van der Waals surface area contributed by atoms with Crippen LogP contribution >= 0.6 is 11.6 Å². The minimum Gasteiger partial charge on any atom is -0.478 e. The molecule has 0 amide bonds. The molecule has 0 bridgehead atoms. The van der Waals surface area contributed by atoms with Crippen LogP contribution in [-0.2, 0) is 17.6 Å². The number of rotatable bonds is 6. The molecule has 1 heterocycles. The standard InChI is InChI=1S/C16H20ClNO4/c1-5-7-9-13-10(12(6-2)18-22-13)8-11(17)14(9)21-16(3,4)15(19)20/h8H,5-7H2,1-4H3,(H,19,20). The predicted octanol–water partition coefficient (Wildman–Crippen LogP) is 4.24. The fourth-order valence-electron chi connectivity index (χ4n) is 2.28. The second-order valence-electron chi connectivity index (χ2n) is 5.69. The Kier molecular flexibility index (Phi) is 4.66. The molecule has 0 spiro atoms. The number of fused-ring (bicyclic) bond motifs is 1. The zero-order valence-corrected chi connectivity index (χ0v) is 14.0. The van der Waals surface area contributed by atoms with Crippen molar-refractivity contribution in [2.75, 3.05) is 0 Å². The van der Waals surface area contributed by atoms with Gasteiger partial charge in [-0.25, -0.2) is 4.79 Å². The number of halogens is 1. The van der Waals surface area contributed by atoms with E-state index in [9.17, 15) is 9.90 Å². The third-order valence-electron chi connectivity index (χ3n) is 3.55. The first-order valence-electron chi connectivity index (χ1n) is 7.33. The molecular formula is C16H20ClNO4. The number of ether oxygens (including phenoxy) is 1. The Morgan fingerprint density at radius 2 is 2.14 bits per heavy atom. The molecule has 22 heavy (non-hydrogen) atoms. The molecule has 1 aromatic carbocycles. The molecule has 0 atom stereocenters. The summed E-state index contributed by atoms with van der Waals surface area (Å²) >= 11 is 6.35. The molecule has 0 unspecified atom stereocenters. The summed E-state index contributed by atoms with van der Waals surface area (Å²) in [7, 11) is 0. The molecule has 0 aliphatic carbocycles. The molecule has 6 heteroatoms. The molecule has 1 aromatic heterocycles. The Labute approximate surface area is 134 Å².